The van der Waals surface area contributed by atoms with Gasteiger partial charge in [-0.05, 0) is 0 Å². The first-order valence-electron chi connectivity index (χ1n) is 3.37. The number of carbonyl (C=O) groups is 1. The SMILES string of the molecule is NC(=S)CC(=O)NCCS(N)(=O)=O. The summed E-state index contributed by atoms with van der Waals surface area (Å²) in [5.41, 5.74) is 5.08. The minimum Gasteiger partial charge on any atom is -0.393 e. The normalized spacial score (nSPS) is 10.8. The molecule has 0 aromatic carbocycles. The lowest BCUT2D eigenvalue weighted by atomic mass is 10.4. The van der Waals surface area contributed by atoms with Crippen molar-refractivity contribution < 1.29 is 13.2 Å². The maximum atomic E-state index is 10.8. The summed E-state index contributed by atoms with van der Waals surface area (Å²) >= 11 is 4.47. The van der Waals surface area contributed by atoms with Crippen molar-refractivity contribution in [2.75, 3.05) is 12.3 Å². The lowest BCUT2D eigenvalue weighted by Gasteiger charge is -2.02. The van der Waals surface area contributed by atoms with Crippen LogP contribution in [0.1, 0.15) is 6.42 Å². The van der Waals surface area contributed by atoms with Crippen LogP contribution in [0, 0.1) is 0 Å². The highest BCUT2D eigenvalue weighted by Gasteiger charge is 2.05. The molecule has 8 heteroatoms. The van der Waals surface area contributed by atoms with Gasteiger partial charge in [-0.1, -0.05) is 12.2 Å². The molecular formula is C5H11N3O3S2. The molecule has 0 unspecified atom stereocenters. The van der Waals surface area contributed by atoms with E-state index in [0.29, 0.717) is 0 Å². The molecule has 13 heavy (non-hydrogen) atoms. The van der Waals surface area contributed by atoms with E-state index in [1.807, 2.05) is 0 Å². The number of amides is 1. The number of primary sulfonamides is 1. The summed E-state index contributed by atoms with van der Waals surface area (Å²) in [6.45, 7) is -0.0275. The van der Waals surface area contributed by atoms with Crippen LogP contribution in [-0.2, 0) is 14.8 Å². The topological polar surface area (TPSA) is 115 Å². The third-order valence-corrected chi connectivity index (χ3v) is 1.96. The highest BCUT2D eigenvalue weighted by atomic mass is 32.2. The number of rotatable bonds is 5. The van der Waals surface area contributed by atoms with Gasteiger partial charge in [0.2, 0.25) is 15.9 Å². The second-order valence-corrected chi connectivity index (χ2v) is 4.62. The monoisotopic (exact) mass is 225 g/mol. The largest absolute Gasteiger partial charge is 0.393 e. The maximum absolute atomic E-state index is 10.8. The summed E-state index contributed by atoms with van der Waals surface area (Å²) in [5.74, 6) is -0.702. The van der Waals surface area contributed by atoms with Gasteiger partial charge in [0.05, 0.1) is 17.2 Å². The van der Waals surface area contributed by atoms with Crippen LogP contribution in [0.4, 0.5) is 0 Å². The standard InChI is InChI=1S/C5H11N3O3S2/c6-4(12)3-5(9)8-1-2-13(7,10)11/h1-3H2,(H2,6,12)(H,8,9)(H2,7,10,11). The molecule has 6 nitrogen and oxygen atoms in total. The summed E-state index contributed by atoms with van der Waals surface area (Å²) in [4.78, 5) is 10.9. The summed E-state index contributed by atoms with van der Waals surface area (Å²) in [5, 5.41) is 7.00. The van der Waals surface area contributed by atoms with Gasteiger partial charge in [-0.15, -0.1) is 0 Å². The molecule has 76 valence electrons. The second-order valence-electron chi connectivity index (χ2n) is 2.36. The van der Waals surface area contributed by atoms with Crippen LogP contribution >= 0.6 is 12.2 Å². The van der Waals surface area contributed by atoms with Crippen LogP contribution < -0.4 is 16.2 Å². The van der Waals surface area contributed by atoms with E-state index in [2.05, 4.69) is 17.5 Å². The minimum absolute atomic E-state index is 0.0275. The van der Waals surface area contributed by atoms with Crippen molar-refractivity contribution in [3.05, 3.63) is 0 Å². The zero-order chi connectivity index (χ0) is 10.5. The van der Waals surface area contributed by atoms with Gasteiger partial charge in [0.15, 0.2) is 0 Å². The molecule has 0 saturated heterocycles. The van der Waals surface area contributed by atoms with E-state index in [-0.39, 0.29) is 23.7 Å². The molecule has 0 saturated carbocycles. The first-order valence-corrected chi connectivity index (χ1v) is 5.49. The Morgan fingerprint density at radius 3 is 2.38 bits per heavy atom. The molecule has 0 aliphatic heterocycles. The van der Waals surface area contributed by atoms with Crippen LogP contribution in [0.15, 0.2) is 0 Å². The molecule has 0 rings (SSSR count). The number of hydrogen-bond donors (Lipinski definition) is 3. The van der Waals surface area contributed by atoms with Gasteiger partial charge in [0, 0.05) is 6.54 Å². The first-order chi connectivity index (χ1) is 5.81. The fourth-order valence-corrected chi connectivity index (χ4v) is 1.07. The molecule has 0 aromatic heterocycles. The van der Waals surface area contributed by atoms with Gasteiger partial charge in [0.25, 0.3) is 0 Å². The van der Waals surface area contributed by atoms with Crippen molar-refractivity contribution in [2.45, 2.75) is 6.42 Å². The lowest BCUT2D eigenvalue weighted by molar-refractivity contribution is -0.119. The molecule has 0 aliphatic rings. The van der Waals surface area contributed by atoms with E-state index >= 15 is 0 Å². The molecule has 5 N–H and O–H groups in total. The highest BCUT2D eigenvalue weighted by Crippen LogP contribution is 1.80. The van der Waals surface area contributed by atoms with Gasteiger partial charge < -0.3 is 11.1 Å². The third kappa shape index (κ3) is 9.18. The Morgan fingerprint density at radius 1 is 1.46 bits per heavy atom. The number of nitrogens with one attached hydrogen (secondary N) is 1. The fourth-order valence-electron chi connectivity index (χ4n) is 0.553. The molecular weight excluding hydrogens is 214 g/mol. The quantitative estimate of drug-likeness (QED) is 0.471. The Labute approximate surface area is 81.7 Å². The summed E-state index contributed by atoms with van der Waals surface area (Å²) < 4.78 is 20.8. The molecule has 0 aliphatic carbocycles. The Kier molecular flexibility index (Phi) is 4.81. The Hall–Kier alpha value is -0.730. The summed E-state index contributed by atoms with van der Waals surface area (Å²) in [7, 11) is -3.53. The highest BCUT2D eigenvalue weighted by molar-refractivity contribution is 7.89. The van der Waals surface area contributed by atoms with E-state index in [4.69, 9.17) is 10.9 Å². The fraction of sp³-hybridized carbons (Fsp3) is 0.600. The molecule has 1 amide bonds. The van der Waals surface area contributed by atoms with Crippen molar-refractivity contribution in [2.24, 2.45) is 10.9 Å². The number of nitrogens with two attached hydrogens (primary N) is 2. The molecule has 0 fully saturated rings. The Morgan fingerprint density at radius 2 is 2.00 bits per heavy atom. The van der Waals surface area contributed by atoms with Crippen LogP contribution in [-0.4, -0.2) is 31.6 Å². The molecule has 0 atom stereocenters. The molecule has 0 bridgehead atoms. The zero-order valence-corrected chi connectivity index (χ0v) is 8.45. The van der Waals surface area contributed by atoms with Crippen molar-refractivity contribution in [1.29, 1.82) is 0 Å². The van der Waals surface area contributed by atoms with Crippen LogP contribution in [0.5, 0.6) is 0 Å². The average Bonchev–Trinajstić information content (AvgIpc) is 1.81. The molecule has 0 radical (unpaired) electrons. The van der Waals surface area contributed by atoms with E-state index in [9.17, 15) is 13.2 Å². The zero-order valence-electron chi connectivity index (χ0n) is 6.82. The molecule has 0 heterocycles. The number of hydrogen-bond acceptors (Lipinski definition) is 4. The number of carbonyl (C=O) groups excluding carboxylic acids is 1. The smallest absolute Gasteiger partial charge is 0.226 e. The predicted octanol–water partition coefficient (Wildman–Crippen LogP) is -1.93. The minimum atomic E-state index is -3.53. The van der Waals surface area contributed by atoms with Gasteiger partial charge in [-0.2, -0.15) is 0 Å². The summed E-state index contributed by atoms with van der Waals surface area (Å²) in [6.07, 6.45) is -0.0834. The maximum Gasteiger partial charge on any atom is 0.226 e. The Bertz CT molecular complexity index is 298. The first kappa shape index (κ1) is 12.3. The van der Waals surface area contributed by atoms with E-state index in [1.165, 1.54) is 0 Å². The van der Waals surface area contributed by atoms with E-state index in [1.54, 1.807) is 0 Å². The van der Waals surface area contributed by atoms with Crippen LogP contribution in [0.3, 0.4) is 0 Å². The van der Waals surface area contributed by atoms with E-state index < -0.39 is 15.9 Å². The van der Waals surface area contributed by atoms with Crippen molar-refractivity contribution >= 4 is 33.1 Å². The van der Waals surface area contributed by atoms with E-state index in [0.717, 1.165) is 0 Å². The molecule has 0 aromatic rings. The Balaban J connectivity index is 3.67. The van der Waals surface area contributed by atoms with Crippen molar-refractivity contribution in [3.63, 3.8) is 0 Å². The number of sulfonamides is 1. The number of thiocarbonyl (C=S) groups is 1. The predicted molar refractivity (Wildman–Crippen MR) is 52.4 cm³/mol. The van der Waals surface area contributed by atoms with Crippen molar-refractivity contribution in [3.8, 4) is 0 Å². The third-order valence-electron chi connectivity index (χ3n) is 1.04. The molecule has 0 spiro atoms. The van der Waals surface area contributed by atoms with Crippen molar-refractivity contribution in [1.82, 2.24) is 5.32 Å². The van der Waals surface area contributed by atoms with Gasteiger partial charge >= 0.3 is 0 Å². The lowest BCUT2D eigenvalue weighted by Crippen LogP contribution is -2.33. The van der Waals surface area contributed by atoms with Crippen LogP contribution in [0.2, 0.25) is 0 Å². The van der Waals surface area contributed by atoms with Gasteiger partial charge in [-0.25, -0.2) is 13.6 Å². The van der Waals surface area contributed by atoms with Gasteiger partial charge in [-0.3, -0.25) is 4.79 Å². The van der Waals surface area contributed by atoms with Gasteiger partial charge in [0.1, 0.15) is 0 Å². The summed E-state index contributed by atoms with van der Waals surface area (Å²) in [6, 6.07) is 0. The average molecular weight is 225 g/mol. The second kappa shape index (κ2) is 5.10. The van der Waals surface area contributed by atoms with Crippen LogP contribution in [0.25, 0.3) is 0 Å².